The number of hydrogen-bond donors (Lipinski definition) is 1. The SMILES string of the molecule is CCc1ccc([C@H]2CC(=O)Nc3c(S(=O)(=O)c4cccc(C)c4)csc32)cc1. The fraction of sp³-hybridized carbons (Fsp3) is 0.227. The second-order valence-electron chi connectivity index (χ2n) is 7.06. The van der Waals surface area contributed by atoms with Crippen LogP contribution in [0, 0.1) is 6.92 Å². The van der Waals surface area contributed by atoms with E-state index in [1.165, 1.54) is 16.9 Å². The lowest BCUT2D eigenvalue weighted by atomic mass is 9.90. The van der Waals surface area contributed by atoms with Crippen LogP contribution in [0.5, 0.6) is 0 Å². The van der Waals surface area contributed by atoms with Gasteiger partial charge in [-0.3, -0.25) is 4.79 Å². The smallest absolute Gasteiger partial charge is 0.225 e. The number of aryl methyl sites for hydroxylation is 2. The van der Waals surface area contributed by atoms with Crippen LogP contribution in [0.4, 0.5) is 5.69 Å². The van der Waals surface area contributed by atoms with Crippen molar-refractivity contribution >= 4 is 32.8 Å². The van der Waals surface area contributed by atoms with E-state index in [-0.39, 0.29) is 21.6 Å². The van der Waals surface area contributed by atoms with Crippen molar-refractivity contribution in [2.75, 3.05) is 5.32 Å². The van der Waals surface area contributed by atoms with Crippen molar-refractivity contribution in [3.63, 3.8) is 0 Å². The molecule has 0 bridgehead atoms. The molecule has 144 valence electrons. The van der Waals surface area contributed by atoms with Gasteiger partial charge in [0.05, 0.1) is 10.6 Å². The van der Waals surface area contributed by atoms with Crippen LogP contribution in [0.1, 0.15) is 40.8 Å². The summed E-state index contributed by atoms with van der Waals surface area (Å²) in [5, 5.41) is 4.47. The molecule has 0 saturated heterocycles. The van der Waals surface area contributed by atoms with Crippen LogP contribution in [-0.2, 0) is 21.1 Å². The van der Waals surface area contributed by atoms with Gasteiger partial charge in [0.2, 0.25) is 15.7 Å². The number of amides is 1. The minimum atomic E-state index is -3.70. The highest BCUT2D eigenvalue weighted by molar-refractivity contribution is 7.91. The molecule has 4 rings (SSSR count). The van der Waals surface area contributed by atoms with Crippen molar-refractivity contribution in [1.29, 1.82) is 0 Å². The lowest BCUT2D eigenvalue weighted by Crippen LogP contribution is -2.23. The first kappa shape index (κ1) is 18.9. The molecule has 4 nitrogen and oxygen atoms in total. The predicted octanol–water partition coefficient (Wildman–Crippen LogP) is 4.93. The number of benzene rings is 2. The minimum absolute atomic E-state index is 0.124. The maximum absolute atomic E-state index is 13.2. The molecule has 2 aromatic carbocycles. The van der Waals surface area contributed by atoms with Gasteiger partial charge in [-0.1, -0.05) is 43.3 Å². The molecule has 3 aromatic rings. The average molecular weight is 412 g/mol. The number of rotatable bonds is 4. The summed E-state index contributed by atoms with van der Waals surface area (Å²) in [6, 6.07) is 15.1. The number of hydrogen-bond acceptors (Lipinski definition) is 4. The van der Waals surface area contributed by atoms with Crippen LogP contribution in [0.2, 0.25) is 0 Å². The van der Waals surface area contributed by atoms with Gasteiger partial charge in [-0.25, -0.2) is 8.42 Å². The highest BCUT2D eigenvalue weighted by atomic mass is 32.2. The summed E-state index contributed by atoms with van der Waals surface area (Å²) in [7, 11) is -3.70. The normalized spacial score (nSPS) is 16.5. The van der Waals surface area contributed by atoms with Crippen LogP contribution in [-0.4, -0.2) is 14.3 Å². The van der Waals surface area contributed by atoms with Gasteiger partial charge >= 0.3 is 0 Å². The lowest BCUT2D eigenvalue weighted by Gasteiger charge is -2.24. The van der Waals surface area contributed by atoms with E-state index in [1.54, 1.807) is 23.6 Å². The molecule has 1 aromatic heterocycles. The summed E-state index contributed by atoms with van der Waals surface area (Å²) < 4.78 is 26.4. The maximum atomic E-state index is 13.2. The third-order valence-electron chi connectivity index (χ3n) is 5.14. The number of anilines is 1. The van der Waals surface area contributed by atoms with E-state index >= 15 is 0 Å². The van der Waals surface area contributed by atoms with Crippen molar-refractivity contribution in [2.24, 2.45) is 0 Å². The monoisotopic (exact) mass is 411 g/mol. The Bertz CT molecular complexity index is 1140. The Kier molecular flexibility index (Phi) is 4.85. The second kappa shape index (κ2) is 7.18. The van der Waals surface area contributed by atoms with E-state index < -0.39 is 9.84 Å². The first-order chi connectivity index (χ1) is 13.4. The van der Waals surface area contributed by atoms with Crippen LogP contribution in [0.15, 0.2) is 63.7 Å². The zero-order chi connectivity index (χ0) is 19.9. The molecule has 1 aliphatic heterocycles. The summed E-state index contributed by atoms with van der Waals surface area (Å²) in [4.78, 5) is 13.7. The fourth-order valence-electron chi connectivity index (χ4n) is 3.57. The maximum Gasteiger partial charge on any atom is 0.225 e. The Morgan fingerprint density at radius 3 is 2.57 bits per heavy atom. The first-order valence-corrected chi connectivity index (χ1v) is 11.6. The molecule has 6 heteroatoms. The van der Waals surface area contributed by atoms with Gasteiger partial charge in [0, 0.05) is 22.6 Å². The van der Waals surface area contributed by atoms with E-state index in [0.717, 1.165) is 22.4 Å². The van der Waals surface area contributed by atoms with E-state index in [0.29, 0.717) is 12.1 Å². The molecular formula is C22H21NO3S2. The molecule has 0 spiro atoms. The quantitative estimate of drug-likeness (QED) is 0.662. The van der Waals surface area contributed by atoms with Gasteiger partial charge in [0.25, 0.3) is 0 Å². The summed E-state index contributed by atoms with van der Waals surface area (Å²) in [5.41, 5.74) is 3.59. The molecule has 0 fully saturated rings. The number of sulfone groups is 1. The topological polar surface area (TPSA) is 63.2 Å². The number of carbonyl (C=O) groups excluding carboxylic acids is 1. The zero-order valence-electron chi connectivity index (χ0n) is 15.7. The van der Waals surface area contributed by atoms with Crippen LogP contribution in [0.25, 0.3) is 0 Å². The third-order valence-corrected chi connectivity index (χ3v) is 8.16. The predicted molar refractivity (Wildman–Crippen MR) is 112 cm³/mol. The Hall–Kier alpha value is -2.44. The zero-order valence-corrected chi connectivity index (χ0v) is 17.4. The number of thiophene rings is 1. The highest BCUT2D eigenvalue weighted by Crippen LogP contribution is 2.45. The van der Waals surface area contributed by atoms with Gasteiger partial charge < -0.3 is 5.32 Å². The van der Waals surface area contributed by atoms with Gasteiger partial charge in [0.1, 0.15) is 4.90 Å². The standard InChI is InChI=1S/C22H21NO3S2/c1-3-15-7-9-16(10-8-15)18-12-20(24)23-21-19(13-27-22(18)21)28(25,26)17-6-4-5-14(2)11-17/h4-11,13,18H,3,12H2,1-2H3,(H,23,24)/t18-/m1/s1. The lowest BCUT2D eigenvalue weighted by molar-refractivity contribution is -0.116. The highest BCUT2D eigenvalue weighted by Gasteiger charge is 2.34. The Morgan fingerprint density at radius 2 is 1.89 bits per heavy atom. The number of nitrogens with one attached hydrogen (secondary N) is 1. The van der Waals surface area contributed by atoms with E-state index in [2.05, 4.69) is 24.4 Å². The molecule has 0 aliphatic carbocycles. The molecule has 0 unspecified atom stereocenters. The molecule has 1 N–H and O–H groups in total. The number of fused-ring (bicyclic) bond motifs is 1. The molecule has 28 heavy (non-hydrogen) atoms. The molecule has 0 saturated carbocycles. The third kappa shape index (κ3) is 3.27. The van der Waals surface area contributed by atoms with Crippen molar-refractivity contribution < 1.29 is 13.2 Å². The Labute approximate surface area is 169 Å². The van der Waals surface area contributed by atoms with E-state index in [4.69, 9.17) is 0 Å². The van der Waals surface area contributed by atoms with Crippen molar-refractivity contribution in [3.05, 3.63) is 75.5 Å². The summed E-state index contributed by atoms with van der Waals surface area (Å²) >= 11 is 1.40. The molecular weight excluding hydrogens is 390 g/mol. The Morgan fingerprint density at radius 1 is 1.14 bits per heavy atom. The molecule has 1 aliphatic rings. The van der Waals surface area contributed by atoms with E-state index in [9.17, 15) is 13.2 Å². The summed E-state index contributed by atoms with van der Waals surface area (Å²) in [5.74, 6) is -0.280. The van der Waals surface area contributed by atoms with Crippen LogP contribution in [0.3, 0.4) is 0 Å². The average Bonchev–Trinajstić information content (AvgIpc) is 3.12. The van der Waals surface area contributed by atoms with Crippen LogP contribution < -0.4 is 5.32 Å². The van der Waals surface area contributed by atoms with Crippen molar-refractivity contribution in [1.82, 2.24) is 0 Å². The van der Waals surface area contributed by atoms with Gasteiger partial charge in [-0.05, 0) is 42.2 Å². The largest absolute Gasteiger partial charge is 0.324 e. The second-order valence-corrected chi connectivity index (χ2v) is 9.89. The summed E-state index contributed by atoms with van der Waals surface area (Å²) in [6.45, 7) is 3.96. The molecule has 0 radical (unpaired) electrons. The van der Waals surface area contributed by atoms with Gasteiger partial charge in [-0.2, -0.15) is 0 Å². The van der Waals surface area contributed by atoms with Crippen molar-refractivity contribution in [2.45, 2.75) is 42.4 Å². The van der Waals surface area contributed by atoms with Gasteiger partial charge in [-0.15, -0.1) is 11.3 Å². The fourth-order valence-corrected chi connectivity index (χ4v) is 6.58. The number of carbonyl (C=O) groups is 1. The molecule has 1 amide bonds. The molecule has 2 heterocycles. The first-order valence-electron chi connectivity index (χ1n) is 9.22. The van der Waals surface area contributed by atoms with Gasteiger partial charge in [0.15, 0.2) is 0 Å². The van der Waals surface area contributed by atoms with Crippen LogP contribution >= 0.6 is 11.3 Å². The van der Waals surface area contributed by atoms with Crippen molar-refractivity contribution in [3.8, 4) is 0 Å². The minimum Gasteiger partial charge on any atom is -0.324 e. The Balaban J connectivity index is 1.80. The summed E-state index contributed by atoms with van der Waals surface area (Å²) in [6.07, 6.45) is 1.28. The molecule has 1 atom stereocenters. The van der Waals surface area contributed by atoms with E-state index in [1.807, 2.05) is 25.1 Å².